The molecule has 1 aromatic heterocycles. The zero-order valence-electron chi connectivity index (χ0n) is 10.2. The maximum absolute atomic E-state index is 13.0. The summed E-state index contributed by atoms with van der Waals surface area (Å²) in [5.74, 6) is -1.01. The van der Waals surface area contributed by atoms with Crippen molar-refractivity contribution in [1.82, 2.24) is 9.78 Å². The standard InChI is InChI=1S/C13H11FN2O3/c1-2-19-13(18)10-6-15-16(7-10)12-4-3-11(14)5-9(12)8-17/h3-8H,2H2,1H3. The average molecular weight is 262 g/mol. The molecule has 0 unspecified atom stereocenters. The fraction of sp³-hybridized carbons (Fsp3) is 0.154. The topological polar surface area (TPSA) is 61.2 Å². The Morgan fingerprint density at radius 1 is 1.53 bits per heavy atom. The van der Waals surface area contributed by atoms with Gasteiger partial charge in [-0.25, -0.2) is 13.9 Å². The Morgan fingerprint density at radius 3 is 3.00 bits per heavy atom. The van der Waals surface area contributed by atoms with Gasteiger partial charge in [-0.3, -0.25) is 4.79 Å². The van der Waals surface area contributed by atoms with E-state index >= 15 is 0 Å². The lowest BCUT2D eigenvalue weighted by Crippen LogP contribution is -2.03. The fourth-order valence-corrected chi connectivity index (χ4v) is 1.60. The molecular weight excluding hydrogens is 251 g/mol. The molecule has 0 aliphatic rings. The monoisotopic (exact) mass is 262 g/mol. The summed E-state index contributed by atoms with van der Waals surface area (Å²) in [6, 6.07) is 3.74. The molecule has 0 atom stereocenters. The van der Waals surface area contributed by atoms with Crippen molar-refractivity contribution in [3.8, 4) is 5.69 Å². The van der Waals surface area contributed by atoms with Gasteiger partial charge in [0, 0.05) is 11.8 Å². The normalized spacial score (nSPS) is 10.2. The number of carbonyl (C=O) groups is 2. The van der Waals surface area contributed by atoms with Crippen molar-refractivity contribution in [2.24, 2.45) is 0 Å². The van der Waals surface area contributed by atoms with Crippen molar-refractivity contribution in [2.45, 2.75) is 6.92 Å². The molecule has 5 nitrogen and oxygen atoms in total. The second-order valence-corrected chi connectivity index (χ2v) is 3.72. The highest BCUT2D eigenvalue weighted by Gasteiger charge is 2.12. The Kier molecular flexibility index (Phi) is 3.70. The third kappa shape index (κ3) is 2.67. The highest BCUT2D eigenvalue weighted by atomic mass is 19.1. The zero-order valence-corrected chi connectivity index (χ0v) is 10.2. The first-order valence-electron chi connectivity index (χ1n) is 5.62. The molecule has 98 valence electrons. The number of aromatic nitrogens is 2. The van der Waals surface area contributed by atoms with Gasteiger partial charge in [-0.05, 0) is 25.1 Å². The van der Waals surface area contributed by atoms with Gasteiger partial charge in [0.2, 0.25) is 0 Å². The maximum atomic E-state index is 13.0. The molecule has 0 bridgehead atoms. The molecule has 0 spiro atoms. The first kappa shape index (κ1) is 12.9. The molecule has 0 aliphatic carbocycles. The molecule has 19 heavy (non-hydrogen) atoms. The van der Waals surface area contributed by atoms with E-state index in [4.69, 9.17) is 4.74 Å². The predicted octanol–water partition coefficient (Wildman–Crippen LogP) is 2.00. The van der Waals surface area contributed by atoms with E-state index in [-0.39, 0.29) is 17.7 Å². The molecule has 0 N–H and O–H groups in total. The van der Waals surface area contributed by atoms with Crippen molar-refractivity contribution in [3.63, 3.8) is 0 Å². The van der Waals surface area contributed by atoms with Gasteiger partial charge in [0.15, 0.2) is 6.29 Å². The van der Waals surface area contributed by atoms with Crippen LogP contribution < -0.4 is 0 Å². The molecule has 0 fully saturated rings. The second kappa shape index (κ2) is 5.43. The minimum Gasteiger partial charge on any atom is -0.462 e. The van der Waals surface area contributed by atoms with E-state index in [9.17, 15) is 14.0 Å². The number of halogens is 1. The number of nitrogens with zero attached hydrogens (tertiary/aromatic N) is 2. The van der Waals surface area contributed by atoms with Crippen molar-refractivity contribution in [3.05, 3.63) is 47.5 Å². The lowest BCUT2D eigenvalue weighted by molar-refractivity contribution is 0.0526. The third-order valence-corrected chi connectivity index (χ3v) is 2.46. The van der Waals surface area contributed by atoms with Crippen molar-refractivity contribution in [1.29, 1.82) is 0 Å². The van der Waals surface area contributed by atoms with E-state index in [1.54, 1.807) is 6.92 Å². The van der Waals surface area contributed by atoms with Gasteiger partial charge >= 0.3 is 5.97 Å². The largest absolute Gasteiger partial charge is 0.462 e. The number of benzene rings is 1. The van der Waals surface area contributed by atoms with Crippen LogP contribution in [0.15, 0.2) is 30.6 Å². The van der Waals surface area contributed by atoms with Gasteiger partial charge in [0.25, 0.3) is 0 Å². The van der Waals surface area contributed by atoms with Gasteiger partial charge in [-0.2, -0.15) is 5.10 Å². The van der Waals surface area contributed by atoms with Crippen LogP contribution in [-0.4, -0.2) is 28.6 Å². The van der Waals surface area contributed by atoms with E-state index in [2.05, 4.69) is 5.10 Å². The van der Waals surface area contributed by atoms with Crippen LogP contribution in [0.4, 0.5) is 4.39 Å². The van der Waals surface area contributed by atoms with Crippen LogP contribution in [0.25, 0.3) is 5.69 Å². The lowest BCUT2D eigenvalue weighted by Gasteiger charge is -2.04. The molecule has 0 radical (unpaired) electrons. The molecule has 2 aromatic rings. The van der Waals surface area contributed by atoms with Crippen LogP contribution in [0, 0.1) is 5.82 Å². The number of ether oxygens (including phenoxy) is 1. The summed E-state index contributed by atoms with van der Waals surface area (Å²) in [6.45, 7) is 1.97. The van der Waals surface area contributed by atoms with Crippen LogP contribution in [0.1, 0.15) is 27.6 Å². The quantitative estimate of drug-likeness (QED) is 0.624. The Hall–Kier alpha value is -2.50. The molecule has 0 amide bonds. The van der Waals surface area contributed by atoms with Gasteiger partial charge in [-0.15, -0.1) is 0 Å². The van der Waals surface area contributed by atoms with Gasteiger partial charge in [-0.1, -0.05) is 0 Å². The predicted molar refractivity (Wildman–Crippen MR) is 64.9 cm³/mol. The van der Waals surface area contributed by atoms with Gasteiger partial charge < -0.3 is 4.74 Å². The maximum Gasteiger partial charge on any atom is 0.341 e. The summed E-state index contributed by atoms with van der Waals surface area (Å²) in [7, 11) is 0. The highest BCUT2D eigenvalue weighted by Crippen LogP contribution is 2.15. The summed E-state index contributed by atoms with van der Waals surface area (Å²) in [4.78, 5) is 22.4. The van der Waals surface area contributed by atoms with Crippen molar-refractivity contribution in [2.75, 3.05) is 6.61 Å². The summed E-state index contributed by atoms with van der Waals surface area (Å²) in [5, 5.41) is 3.96. The Morgan fingerprint density at radius 2 is 2.32 bits per heavy atom. The summed E-state index contributed by atoms with van der Waals surface area (Å²) < 4.78 is 19.2. The minimum atomic E-state index is -0.511. The smallest absolute Gasteiger partial charge is 0.341 e. The first-order chi connectivity index (χ1) is 9.15. The van der Waals surface area contributed by atoms with Gasteiger partial charge in [0.05, 0.1) is 24.1 Å². The van der Waals surface area contributed by atoms with Crippen LogP contribution in [-0.2, 0) is 4.74 Å². The summed E-state index contributed by atoms with van der Waals surface area (Å²) in [5.41, 5.74) is 0.813. The molecule has 0 aliphatic heterocycles. The minimum absolute atomic E-state index is 0.151. The van der Waals surface area contributed by atoms with Crippen molar-refractivity contribution < 1.29 is 18.7 Å². The third-order valence-electron chi connectivity index (χ3n) is 2.46. The average Bonchev–Trinajstić information content (AvgIpc) is 2.88. The van der Waals surface area contributed by atoms with Crippen LogP contribution in [0.5, 0.6) is 0 Å². The molecular formula is C13H11FN2O3. The first-order valence-corrected chi connectivity index (χ1v) is 5.62. The molecule has 1 heterocycles. The zero-order chi connectivity index (χ0) is 13.8. The van der Waals surface area contributed by atoms with Crippen molar-refractivity contribution >= 4 is 12.3 Å². The second-order valence-electron chi connectivity index (χ2n) is 3.72. The number of hydrogen-bond acceptors (Lipinski definition) is 4. The van der Waals surface area contributed by atoms with Crippen LogP contribution in [0.3, 0.4) is 0 Å². The van der Waals surface area contributed by atoms with E-state index in [0.29, 0.717) is 12.0 Å². The molecule has 0 saturated carbocycles. The van der Waals surface area contributed by atoms with E-state index in [1.165, 1.54) is 29.2 Å². The number of hydrogen-bond donors (Lipinski definition) is 0. The number of esters is 1. The molecule has 1 aromatic carbocycles. The molecule has 6 heteroatoms. The number of aldehydes is 1. The Labute approximate surface area is 108 Å². The van der Waals surface area contributed by atoms with Crippen LogP contribution in [0.2, 0.25) is 0 Å². The molecule has 2 rings (SSSR count). The SMILES string of the molecule is CCOC(=O)c1cnn(-c2ccc(F)cc2C=O)c1. The van der Waals surface area contributed by atoms with E-state index in [0.717, 1.165) is 6.07 Å². The lowest BCUT2D eigenvalue weighted by atomic mass is 10.2. The summed E-state index contributed by atoms with van der Waals surface area (Å²) in [6.07, 6.45) is 3.29. The Bertz CT molecular complexity index is 622. The summed E-state index contributed by atoms with van der Waals surface area (Å²) >= 11 is 0. The number of carbonyl (C=O) groups excluding carboxylic acids is 2. The van der Waals surface area contributed by atoms with Gasteiger partial charge in [0.1, 0.15) is 5.82 Å². The van der Waals surface area contributed by atoms with E-state index < -0.39 is 11.8 Å². The number of rotatable bonds is 4. The fourth-order valence-electron chi connectivity index (χ4n) is 1.60. The Balaban J connectivity index is 2.38. The van der Waals surface area contributed by atoms with E-state index in [1.807, 2.05) is 0 Å². The highest BCUT2D eigenvalue weighted by molar-refractivity contribution is 5.89. The van der Waals surface area contributed by atoms with Crippen LogP contribution >= 0.6 is 0 Å². The molecule has 0 saturated heterocycles.